The molecule has 0 radical (unpaired) electrons. The smallest absolute Gasteiger partial charge is 0.113 e. The largest absolute Gasteiger partial charge is 0.335 e. The maximum atomic E-state index is 8.81. The van der Waals surface area contributed by atoms with Crippen molar-refractivity contribution in [3.63, 3.8) is 0 Å². The minimum absolute atomic E-state index is 0.117. The Bertz CT molecular complexity index is 260. The van der Waals surface area contributed by atoms with Crippen molar-refractivity contribution >= 4 is 0 Å². The minimum atomic E-state index is -0.117. The Morgan fingerprint density at radius 1 is 1.69 bits per heavy atom. The Labute approximate surface area is 78.2 Å². The van der Waals surface area contributed by atoms with Crippen LogP contribution in [0.2, 0.25) is 0 Å². The van der Waals surface area contributed by atoms with Crippen LogP contribution in [0, 0.1) is 11.3 Å². The third kappa shape index (κ3) is 3.26. The normalized spacial score (nSPS) is 12.3. The second-order valence-electron chi connectivity index (χ2n) is 2.90. The first-order valence-corrected chi connectivity index (χ1v) is 4.45. The van der Waals surface area contributed by atoms with Crippen LogP contribution in [0.15, 0.2) is 18.7 Å². The summed E-state index contributed by atoms with van der Waals surface area (Å²) in [6.07, 6.45) is 6.34. The molecule has 1 rings (SSSR count). The molecule has 1 atom stereocenters. The zero-order chi connectivity index (χ0) is 9.52. The molecule has 70 valence electrons. The molecule has 0 amide bonds. The molecule has 1 heterocycles. The van der Waals surface area contributed by atoms with Crippen molar-refractivity contribution in [1.29, 1.82) is 5.26 Å². The Kier molecular flexibility index (Phi) is 4.00. The third-order valence-electron chi connectivity index (χ3n) is 1.75. The average Bonchev–Trinajstić information content (AvgIpc) is 2.64. The number of imidazole rings is 1. The van der Waals surface area contributed by atoms with Crippen molar-refractivity contribution in [2.24, 2.45) is 0 Å². The Morgan fingerprint density at radius 2 is 2.54 bits per heavy atom. The molecule has 0 fully saturated rings. The van der Waals surface area contributed by atoms with Gasteiger partial charge in [0.2, 0.25) is 0 Å². The predicted molar refractivity (Wildman–Crippen MR) is 49.9 cm³/mol. The molecule has 0 aliphatic rings. The van der Waals surface area contributed by atoms with Crippen LogP contribution in [-0.4, -0.2) is 22.1 Å². The number of hydrogen-bond donors (Lipinski definition) is 1. The number of aromatic nitrogens is 2. The molecule has 1 N–H and O–H groups in total. The summed E-state index contributed by atoms with van der Waals surface area (Å²) in [4.78, 5) is 3.92. The summed E-state index contributed by atoms with van der Waals surface area (Å²) in [6, 6.07) is 2.10. The molecular weight excluding hydrogens is 164 g/mol. The summed E-state index contributed by atoms with van der Waals surface area (Å²) in [6.45, 7) is 3.63. The molecule has 0 bridgehead atoms. The van der Waals surface area contributed by atoms with Crippen LogP contribution in [-0.2, 0) is 6.54 Å². The quantitative estimate of drug-likeness (QED) is 0.724. The van der Waals surface area contributed by atoms with Crippen LogP contribution in [0.25, 0.3) is 0 Å². The zero-order valence-electron chi connectivity index (χ0n) is 7.77. The standard InChI is InChI=1S/C9H14N4/c1-2-3-12-9(6-10)7-13-5-4-11-8-13/h4-5,8-9,12H,2-3,7H2,1H3. The van der Waals surface area contributed by atoms with Crippen molar-refractivity contribution in [3.8, 4) is 6.07 Å². The fraction of sp³-hybridized carbons (Fsp3) is 0.556. The van der Waals surface area contributed by atoms with E-state index in [0.717, 1.165) is 13.0 Å². The van der Waals surface area contributed by atoms with E-state index in [2.05, 4.69) is 23.3 Å². The van der Waals surface area contributed by atoms with Gasteiger partial charge in [-0.1, -0.05) is 6.92 Å². The van der Waals surface area contributed by atoms with E-state index >= 15 is 0 Å². The average molecular weight is 178 g/mol. The van der Waals surface area contributed by atoms with Gasteiger partial charge in [-0.3, -0.25) is 0 Å². The second-order valence-corrected chi connectivity index (χ2v) is 2.90. The van der Waals surface area contributed by atoms with E-state index in [9.17, 15) is 0 Å². The van der Waals surface area contributed by atoms with Gasteiger partial charge in [0.1, 0.15) is 6.04 Å². The molecule has 1 aromatic heterocycles. The van der Waals surface area contributed by atoms with Crippen LogP contribution >= 0.6 is 0 Å². The monoisotopic (exact) mass is 178 g/mol. The topological polar surface area (TPSA) is 53.6 Å². The lowest BCUT2D eigenvalue weighted by molar-refractivity contribution is 0.521. The van der Waals surface area contributed by atoms with Gasteiger partial charge in [-0.15, -0.1) is 0 Å². The van der Waals surface area contributed by atoms with Crippen molar-refractivity contribution in [2.75, 3.05) is 6.54 Å². The Balaban J connectivity index is 2.37. The summed E-state index contributed by atoms with van der Waals surface area (Å²) in [5, 5.41) is 12.0. The molecule has 1 unspecified atom stereocenters. The van der Waals surface area contributed by atoms with Gasteiger partial charge < -0.3 is 9.88 Å². The first-order chi connectivity index (χ1) is 6.36. The number of nitriles is 1. The second kappa shape index (κ2) is 5.33. The van der Waals surface area contributed by atoms with Crippen LogP contribution < -0.4 is 5.32 Å². The Morgan fingerprint density at radius 3 is 3.08 bits per heavy atom. The van der Waals surface area contributed by atoms with Crippen LogP contribution in [0.4, 0.5) is 0 Å². The highest BCUT2D eigenvalue weighted by Crippen LogP contribution is 1.91. The van der Waals surface area contributed by atoms with Crippen molar-refractivity contribution < 1.29 is 0 Å². The number of nitrogens with one attached hydrogen (secondary N) is 1. The summed E-state index contributed by atoms with van der Waals surface area (Å²) in [5.41, 5.74) is 0. The molecule has 0 aliphatic carbocycles. The van der Waals surface area contributed by atoms with Gasteiger partial charge in [0.05, 0.1) is 18.9 Å². The van der Waals surface area contributed by atoms with Crippen molar-refractivity contribution in [1.82, 2.24) is 14.9 Å². The van der Waals surface area contributed by atoms with Gasteiger partial charge in [-0.25, -0.2) is 4.98 Å². The van der Waals surface area contributed by atoms with Gasteiger partial charge in [0, 0.05) is 12.4 Å². The third-order valence-corrected chi connectivity index (χ3v) is 1.75. The highest BCUT2D eigenvalue weighted by molar-refractivity contribution is 4.91. The number of nitrogens with zero attached hydrogens (tertiary/aromatic N) is 3. The predicted octanol–water partition coefficient (Wildman–Crippen LogP) is 0.775. The fourth-order valence-electron chi connectivity index (χ4n) is 1.08. The van der Waals surface area contributed by atoms with Crippen molar-refractivity contribution in [3.05, 3.63) is 18.7 Å². The van der Waals surface area contributed by atoms with Gasteiger partial charge >= 0.3 is 0 Å². The SMILES string of the molecule is CCCNC(C#N)Cn1ccnc1. The van der Waals surface area contributed by atoms with E-state index in [1.54, 1.807) is 12.5 Å². The van der Waals surface area contributed by atoms with E-state index in [1.165, 1.54) is 0 Å². The molecule has 0 saturated carbocycles. The molecular formula is C9H14N4. The Hall–Kier alpha value is -1.34. The maximum Gasteiger partial charge on any atom is 0.113 e. The summed E-state index contributed by atoms with van der Waals surface area (Å²) in [7, 11) is 0. The van der Waals surface area contributed by atoms with Gasteiger partial charge in [-0.05, 0) is 13.0 Å². The van der Waals surface area contributed by atoms with E-state index in [-0.39, 0.29) is 6.04 Å². The van der Waals surface area contributed by atoms with Crippen LogP contribution in [0.3, 0.4) is 0 Å². The minimum Gasteiger partial charge on any atom is -0.335 e. The van der Waals surface area contributed by atoms with E-state index < -0.39 is 0 Å². The maximum absolute atomic E-state index is 8.81. The molecule has 0 aliphatic heterocycles. The molecule has 0 spiro atoms. The fourth-order valence-corrected chi connectivity index (χ4v) is 1.08. The van der Waals surface area contributed by atoms with Gasteiger partial charge in [-0.2, -0.15) is 5.26 Å². The number of hydrogen-bond acceptors (Lipinski definition) is 3. The van der Waals surface area contributed by atoms with E-state index in [1.807, 2.05) is 10.8 Å². The molecule has 0 aromatic carbocycles. The highest BCUT2D eigenvalue weighted by Gasteiger charge is 2.05. The lowest BCUT2D eigenvalue weighted by atomic mass is 10.3. The highest BCUT2D eigenvalue weighted by atomic mass is 15.1. The zero-order valence-corrected chi connectivity index (χ0v) is 7.77. The lowest BCUT2D eigenvalue weighted by Crippen LogP contribution is -2.32. The van der Waals surface area contributed by atoms with E-state index in [0.29, 0.717) is 6.54 Å². The van der Waals surface area contributed by atoms with Gasteiger partial charge in [0.25, 0.3) is 0 Å². The van der Waals surface area contributed by atoms with E-state index in [4.69, 9.17) is 5.26 Å². The molecule has 4 nitrogen and oxygen atoms in total. The summed E-state index contributed by atoms with van der Waals surface area (Å²) >= 11 is 0. The molecule has 4 heteroatoms. The van der Waals surface area contributed by atoms with Crippen LogP contribution in [0.5, 0.6) is 0 Å². The molecule has 13 heavy (non-hydrogen) atoms. The van der Waals surface area contributed by atoms with Crippen LogP contribution in [0.1, 0.15) is 13.3 Å². The summed E-state index contributed by atoms with van der Waals surface area (Å²) in [5.74, 6) is 0. The first kappa shape index (κ1) is 9.75. The van der Waals surface area contributed by atoms with Gasteiger partial charge in [0.15, 0.2) is 0 Å². The molecule has 1 aromatic rings. The van der Waals surface area contributed by atoms with Crippen molar-refractivity contribution in [2.45, 2.75) is 25.9 Å². The first-order valence-electron chi connectivity index (χ1n) is 4.45. The summed E-state index contributed by atoms with van der Waals surface area (Å²) < 4.78 is 1.90. The molecule has 0 saturated heterocycles. The lowest BCUT2D eigenvalue weighted by Gasteiger charge is -2.10. The number of rotatable bonds is 5.